The molecule has 1 aromatic heterocycles. The maximum Gasteiger partial charge on any atom is 0.151 e. The zero-order valence-corrected chi connectivity index (χ0v) is 12.9. The molecule has 4 nitrogen and oxygen atoms in total. The van der Waals surface area contributed by atoms with Gasteiger partial charge in [-0.25, -0.2) is 8.42 Å². The molecule has 19 heavy (non-hydrogen) atoms. The van der Waals surface area contributed by atoms with Crippen molar-refractivity contribution in [1.82, 2.24) is 5.32 Å². The predicted molar refractivity (Wildman–Crippen MR) is 78.2 cm³/mol. The second-order valence-electron chi connectivity index (χ2n) is 5.54. The Kier molecular flexibility index (Phi) is 4.35. The van der Waals surface area contributed by atoms with Crippen molar-refractivity contribution in [2.45, 2.75) is 43.1 Å². The van der Waals surface area contributed by atoms with Crippen molar-refractivity contribution in [3.05, 3.63) is 22.4 Å². The number of sulfone groups is 1. The highest BCUT2D eigenvalue weighted by molar-refractivity contribution is 7.91. The fourth-order valence-corrected chi connectivity index (χ4v) is 4.88. The maximum absolute atomic E-state index is 11.7. The van der Waals surface area contributed by atoms with Crippen LogP contribution in [0.15, 0.2) is 17.5 Å². The molecule has 0 aliphatic heterocycles. The van der Waals surface area contributed by atoms with Gasteiger partial charge in [0.05, 0.1) is 5.25 Å². The third kappa shape index (κ3) is 3.56. The Morgan fingerprint density at radius 1 is 1.53 bits per heavy atom. The lowest BCUT2D eigenvalue weighted by Gasteiger charge is -2.27. The van der Waals surface area contributed by atoms with Crippen LogP contribution in [0.1, 0.15) is 31.1 Å². The number of nitrogens with one attached hydrogen (secondary N) is 1. The molecule has 2 N–H and O–H groups in total. The summed E-state index contributed by atoms with van der Waals surface area (Å²) in [4.78, 5) is 0.897. The lowest BCUT2D eigenvalue weighted by atomic mass is 10.0. The van der Waals surface area contributed by atoms with E-state index in [1.165, 1.54) is 17.6 Å². The monoisotopic (exact) mass is 303 g/mol. The van der Waals surface area contributed by atoms with Crippen molar-refractivity contribution >= 4 is 21.2 Å². The molecule has 0 spiro atoms. The van der Waals surface area contributed by atoms with Crippen molar-refractivity contribution < 1.29 is 13.5 Å². The van der Waals surface area contributed by atoms with Crippen molar-refractivity contribution in [1.29, 1.82) is 0 Å². The molecule has 6 heteroatoms. The average molecular weight is 303 g/mol. The van der Waals surface area contributed by atoms with Crippen molar-refractivity contribution in [3.63, 3.8) is 0 Å². The Labute approximate surface area is 118 Å². The Morgan fingerprint density at radius 3 is 2.84 bits per heavy atom. The Morgan fingerprint density at radius 2 is 2.26 bits per heavy atom. The Hall–Kier alpha value is -0.430. The molecule has 3 unspecified atom stereocenters. The van der Waals surface area contributed by atoms with Crippen LogP contribution in [0.4, 0.5) is 0 Å². The molecule has 108 valence electrons. The molecular weight excluding hydrogens is 282 g/mol. The largest absolute Gasteiger partial charge is 0.383 e. The molecule has 1 aliphatic rings. The summed E-state index contributed by atoms with van der Waals surface area (Å²) in [5.41, 5.74) is -0.946. The second kappa shape index (κ2) is 5.52. The van der Waals surface area contributed by atoms with Crippen molar-refractivity contribution in [2.75, 3.05) is 12.8 Å². The average Bonchev–Trinajstić information content (AvgIpc) is 2.97. The van der Waals surface area contributed by atoms with E-state index in [-0.39, 0.29) is 11.3 Å². The van der Waals surface area contributed by atoms with Gasteiger partial charge in [0.2, 0.25) is 0 Å². The van der Waals surface area contributed by atoms with E-state index in [9.17, 15) is 13.5 Å². The number of thiophene rings is 1. The zero-order chi connectivity index (χ0) is 14.1. The van der Waals surface area contributed by atoms with E-state index in [0.29, 0.717) is 6.54 Å². The normalized spacial score (nSPS) is 27.3. The highest BCUT2D eigenvalue weighted by atomic mass is 32.2. The fourth-order valence-electron chi connectivity index (χ4n) is 2.67. The topological polar surface area (TPSA) is 66.4 Å². The summed E-state index contributed by atoms with van der Waals surface area (Å²) in [7, 11) is -3.01. The number of hydrogen-bond acceptors (Lipinski definition) is 5. The lowest BCUT2D eigenvalue weighted by molar-refractivity contribution is 0.0578. The van der Waals surface area contributed by atoms with Crippen LogP contribution in [0.2, 0.25) is 0 Å². The molecule has 0 saturated heterocycles. The van der Waals surface area contributed by atoms with Gasteiger partial charge in [0, 0.05) is 23.7 Å². The summed E-state index contributed by atoms with van der Waals surface area (Å²) in [5.74, 6) is 0. The first-order valence-corrected chi connectivity index (χ1v) is 9.33. The quantitative estimate of drug-likeness (QED) is 0.865. The molecule has 0 radical (unpaired) electrons. The molecule has 1 aliphatic carbocycles. The molecule has 0 amide bonds. The summed E-state index contributed by atoms with van der Waals surface area (Å²) >= 11 is 1.51. The van der Waals surface area contributed by atoms with Gasteiger partial charge in [0.25, 0.3) is 0 Å². The van der Waals surface area contributed by atoms with Gasteiger partial charge in [-0.1, -0.05) is 12.5 Å². The first-order chi connectivity index (χ1) is 8.81. The highest BCUT2D eigenvalue weighted by Gasteiger charge is 2.36. The van der Waals surface area contributed by atoms with Crippen LogP contribution in [0.3, 0.4) is 0 Å². The minimum absolute atomic E-state index is 0.0403. The van der Waals surface area contributed by atoms with Gasteiger partial charge >= 0.3 is 0 Å². The summed E-state index contributed by atoms with van der Waals surface area (Å²) in [6.45, 7) is 2.14. The van der Waals surface area contributed by atoms with Crippen LogP contribution in [-0.4, -0.2) is 37.6 Å². The standard InChI is InChI=1S/C13H21NO3S2/c1-13(15,12-7-4-8-18-12)9-14-10-5-3-6-11(10)19(2,16)17/h4,7-8,10-11,14-15H,3,5-6,9H2,1-2H3. The Balaban J connectivity index is 1.99. The number of rotatable bonds is 5. The van der Waals surface area contributed by atoms with E-state index in [1.807, 2.05) is 17.5 Å². The van der Waals surface area contributed by atoms with Crippen LogP contribution in [0.25, 0.3) is 0 Å². The van der Waals surface area contributed by atoms with E-state index in [0.717, 1.165) is 24.1 Å². The van der Waals surface area contributed by atoms with E-state index in [1.54, 1.807) is 6.92 Å². The van der Waals surface area contributed by atoms with E-state index in [4.69, 9.17) is 0 Å². The minimum Gasteiger partial charge on any atom is -0.383 e. The van der Waals surface area contributed by atoms with Crippen LogP contribution in [0.5, 0.6) is 0 Å². The number of aliphatic hydroxyl groups is 1. The maximum atomic E-state index is 11.7. The third-order valence-corrected chi connectivity index (χ3v) is 6.55. The second-order valence-corrected chi connectivity index (χ2v) is 8.75. The van der Waals surface area contributed by atoms with E-state index < -0.39 is 15.4 Å². The lowest BCUT2D eigenvalue weighted by Crippen LogP contribution is -2.45. The molecule has 0 bridgehead atoms. The molecule has 0 aromatic carbocycles. The fraction of sp³-hybridized carbons (Fsp3) is 0.692. The molecule has 1 heterocycles. The summed E-state index contributed by atoms with van der Waals surface area (Å²) in [5, 5.41) is 15.3. The predicted octanol–water partition coefficient (Wildman–Crippen LogP) is 1.51. The third-order valence-electron chi connectivity index (χ3n) is 3.76. The molecule has 1 saturated carbocycles. The molecule has 2 rings (SSSR count). The summed E-state index contributed by atoms with van der Waals surface area (Å²) < 4.78 is 23.4. The molecule has 1 fully saturated rings. The zero-order valence-electron chi connectivity index (χ0n) is 11.3. The van der Waals surface area contributed by atoms with Crippen molar-refractivity contribution in [2.24, 2.45) is 0 Å². The van der Waals surface area contributed by atoms with Crippen molar-refractivity contribution in [3.8, 4) is 0 Å². The van der Waals surface area contributed by atoms with Crippen LogP contribution < -0.4 is 5.32 Å². The summed E-state index contributed by atoms with van der Waals surface area (Å²) in [6.07, 6.45) is 3.81. The molecule has 3 atom stereocenters. The van der Waals surface area contributed by atoms with E-state index in [2.05, 4.69) is 5.32 Å². The van der Waals surface area contributed by atoms with Crippen LogP contribution in [0, 0.1) is 0 Å². The minimum atomic E-state index is -3.01. The smallest absolute Gasteiger partial charge is 0.151 e. The van der Waals surface area contributed by atoms with Gasteiger partial charge in [-0.15, -0.1) is 11.3 Å². The van der Waals surface area contributed by atoms with Gasteiger partial charge in [0.1, 0.15) is 5.60 Å². The van der Waals surface area contributed by atoms with Gasteiger partial charge in [-0.3, -0.25) is 0 Å². The first-order valence-electron chi connectivity index (χ1n) is 6.49. The number of hydrogen-bond donors (Lipinski definition) is 2. The first kappa shape index (κ1) is 15.0. The molecule has 1 aromatic rings. The molecular formula is C13H21NO3S2. The van der Waals surface area contributed by atoms with Gasteiger partial charge in [-0.05, 0) is 31.2 Å². The van der Waals surface area contributed by atoms with Crippen LogP contribution in [-0.2, 0) is 15.4 Å². The van der Waals surface area contributed by atoms with Crippen LogP contribution >= 0.6 is 11.3 Å². The van der Waals surface area contributed by atoms with Gasteiger partial charge in [0.15, 0.2) is 9.84 Å². The summed E-state index contributed by atoms with van der Waals surface area (Å²) in [6, 6.07) is 3.76. The van der Waals surface area contributed by atoms with Gasteiger partial charge in [-0.2, -0.15) is 0 Å². The van der Waals surface area contributed by atoms with Gasteiger partial charge < -0.3 is 10.4 Å². The highest BCUT2D eigenvalue weighted by Crippen LogP contribution is 2.28. The Bertz CT molecular complexity index is 508. The van der Waals surface area contributed by atoms with E-state index >= 15 is 0 Å². The SMILES string of the molecule is CC(O)(CNC1CCCC1S(C)(=O)=O)c1cccs1.